The van der Waals surface area contributed by atoms with Crippen molar-refractivity contribution in [1.29, 1.82) is 0 Å². The maximum atomic E-state index is 12.7. The van der Waals surface area contributed by atoms with Gasteiger partial charge in [-0.25, -0.2) is 0 Å². The van der Waals surface area contributed by atoms with Gasteiger partial charge in [-0.05, 0) is 55.9 Å². The number of hydrogen-bond donors (Lipinski definition) is 0. The highest BCUT2D eigenvalue weighted by molar-refractivity contribution is 6.02. The van der Waals surface area contributed by atoms with Crippen molar-refractivity contribution in [2.45, 2.75) is 52.1 Å². The van der Waals surface area contributed by atoms with E-state index in [2.05, 4.69) is 0 Å². The molecule has 0 N–H and O–H groups in total. The lowest BCUT2D eigenvalue weighted by Crippen LogP contribution is -2.28. The van der Waals surface area contributed by atoms with Crippen molar-refractivity contribution in [3.05, 3.63) is 41.5 Å². The summed E-state index contributed by atoms with van der Waals surface area (Å²) in [5.41, 5.74) is 2.92. The van der Waals surface area contributed by atoms with Crippen LogP contribution in [-0.4, -0.2) is 38.7 Å². The van der Waals surface area contributed by atoms with Gasteiger partial charge in [0.05, 0.1) is 20.3 Å². The lowest BCUT2D eigenvalue weighted by Gasteiger charge is -2.22. The van der Waals surface area contributed by atoms with E-state index in [1.165, 1.54) is 0 Å². The number of benzene rings is 2. The van der Waals surface area contributed by atoms with E-state index in [-0.39, 0.29) is 24.5 Å². The molecule has 1 saturated carbocycles. The number of ketones is 1. The van der Waals surface area contributed by atoms with Crippen molar-refractivity contribution >= 4 is 11.8 Å². The van der Waals surface area contributed by atoms with Crippen molar-refractivity contribution in [3.63, 3.8) is 0 Å². The fourth-order valence-corrected chi connectivity index (χ4v) is 4.16. The van der Waals surface area contributed by atoms with E-state index in [4.69, 9.17) is 18.9 Å². The van der Waals surface area contributed by atoms with Crippen LogP contribution >= 0.6 is 0 Å². The lowest BCUT2D eigenvalue weighted by atomic mass is 9.95. The van der Waals surface area contributed by atoms with Gasteiger partial charge < -0.3 is 18.9 Å². The molecule has 0 bridgehead atoms. The van der Waals surface area contributed by atoms with E-state index in [1.807, 2.05) is 44.2 Å². The number of methoxy groups -OCH3 is 2. The molecule has 1 atom stereocenters. The Morgan fingerprint density at radius 1 is 1.00 bits per heavy atom. The van der Waals surface area contributed by atoms with E-state index in [0.717, 1.165) is 41.5 Å². The molecule has 32 heavy (non-hydrogen) atoms. The smallest absolute Gasteiger partial charge is 0.315 e. The summed E-state index contributed by atoms with van der Waals surface area (Å²) >= 11 is 0. The van der Waals surface area contributed by atoms with Crippen LogP contribution in [0, 0.1) is 5.41 Å². The Morgan fingerprint density at radius 3 is 2.41 bits per heavy atom. The van der Waals surface area contributed by atoms with E-state index in [9.17, 15) is 9.59 Å². The molecule has 6 heteroatoms. The third-order valence-electron chi connectivity index (χ3n) is 6.53. The maximum absolute atomic E-state index is 12.7. The summed E-state index contributed by atoms with van der Waals surface area (Å²) in [6.45, 7) is 4.09. The second-order valence-electron chi connectivity index (χ2n) is 8.63. The molecule has 6 nitrogen and oxygen atoms in total. The lowest BCUT2D eigenvalue weighted by molar-refractivity contribution is -0.156. The van der Waals surface area contributed by atoms with Crippen LogP contribution in [0.4, 0.5) is 0 Å². The average Bonchev–Trinajstić information content (AvgIpc) is 3.52. The predicted molar refractivity (Wildman–Crippen MR) is 121 cm³/mol. The van der Waals surface area contributed by atoms with Gasteiger partial charge >= 0.3 is 5.97 Å². The normalized spacial score (nSPS) is 16.8. The molecule has 1 fully saturated rings. The molecule has 0 saturated heterocycles. The molecule has 2 aliphatic carbocycles. The van der Waals surface area contributed by atoms with Crippen molar-refractivity contribution in [2.24, 2.45) is 5.41 Å². The van der Waals surface area contributed by atoms with Gasteiger partial charge in [0.25, 0.3) is 0 Å². The topological polar surface area (TPSA) is 71.1 Å². The van der Waals surface area contributed by atoms with E-state index in [0.29, 0.717) is 30.1 Å². The van der Waals surface area contributed by atoms with E-state index in [1.54, 1.807) is 14.2 Å². The standard InChI is InChI=1S/C26H30O6/c1-5-16(2)32-25(28)26(13-14-26)15-31-23-20(10-12-22(29-3)24(23)30-4)17-7-6-8-19-18(17)9-11-21(19)27/h6-8,10,12,16H,5,9,11,13-15H2,1-4H3/t16-/m1/s1. The Morgan fingerprint density at radius 2 is 1.75 bits per heavy atom. The number of rotatable bonds is 9. The Balaban J connectivity index is 1.71. The van der Waals surface area contributed by atoms with Gasteiger partial charge in [-0.3, -0.25) is 9.59 Å². The number of carbonyl (C=O) groups is 2. The van der Waals surface area contributed by atoms with Crippen LogP contribution in [0.1, 0.15) is 55.5 Å². The molecule has 0 unspecified atom stereocenters. The van der Waals surface area contributed by atoms with Gasteiger partial charge in [0.15, 0.2) is 17.3 Å². The minimum Gasteiger partial charge on any atom is -0.493 e. The highest BCUT2D eigenvalue weighted by Crippen LogP contribution is 2.51. The second kappa shape index (κ2) is 8.85. The molecule has 4 rings (SSSR count). The molecule has 0 aromatic heterocycles. The van der Waals surface area contributed by atoms with Crippen molar-refractivity contribution < 1.29 is 28.5 Å². The zero-order chi connectivity index (χ0) is 22.9. The summed E-state index contributed by atoms with van der Waals surface area (Å²) in [5.74, 6) is 1.48. The third-order valence-corrected chi connectivity index (χ3v) is 6.53. The fourth-order valence-electron chi connectivity index (χ4n) is 4.16. The highest BCUT2D eigenvalue weighted by Gasteiger charge is 2.53. The Bertz CT molecular complexity index is 1040. The van der Waals surface area contributed by atoms with Gasteiger partial charge in [0.2, 0.25) is 5.75 Å². The maximum Gasteiger partial charge on any atom is 0.315 e. The Hall–Kier alpha value is -3.02. The summed E-state index contributed by atoms with van der Waals surface area (Å²) in [5, 5.41) is 0. The number of Topliss-reactive ketones (excluding diaryl/α,β-unsaturated/α-hetero) is 1. The fraction of sp³-hybridized carbons (Fsp3) is 0.462. The number of fused-ring (bicyclic) bond motifs is 1. The van der Waals surface area contributed by atoms with Gasteiger partial charge in [-0.2, -0.15) is 0 Å². The molecule has 170 valence electrons. The van der Waals surface area contributed by atoms with Crippen molar-refractivity contribution in [2.75, 3.05) is 20.8 Å². The second-order valence-corrected chi connectivity index (χ2v) is 8.63. The number of hydrogen-bond acceptors (Lipinski definition) is 6. The third kappa shape index (κ3) is 3.94. The van der Waals surface area contributed by atoms with Crippen LogP contribution < -0.4 is 14.2 Å². The molecular formula is C26H30O6. The first-order valence-corrected chi connectivity index (χ1v) is 11.2. The first-order chi connectivity index (χ1) is 15.4. The molecule has 0 aliphatic heterocycles. The van der Waals surface area contributed by atoms with Crippen molar-refractivity contribution in [3.8, 4) is 28.4 Å². The summed E-state index contributed by atoms with van der Waals surface area (Å²) in [4.78, 5) is 25.0. The monoisotopic (exact) mass is 438 g/mol. The molecule has 0 radical (unpaired) electrons. The zero-order valence-corrected chi connectivity index (χ0v) is 19.2. The summed E-state index contributed by atoms with van der Waals surface area (Å²) < 4.78 is 23.1. The molecule has 0 spiro atoms. The molecular weight excluding hydrogens is 408 g/mol. The molecule has 2 aromatic carbocycles. The van der Waals surface area contributed by atoms with Crippen LogP contribution in [0.2, 0.25) is 0 Å². The average molecular weight is 439 g/mol. The summed E-state index contributed by atoms with van der Waals surface area (Å²) in [6, 6.07) is 9.52. The van der Waals surface area contributed by atoms with Gasteiger partial charge in [-0.1, -0.05) is 25.1 Å². The van der Waals surface area contributed by atoms with Crippen LogP contribution in [0.15, 0.2) is 30.3 Å². The first kappa shape index (κ1) is 22.2. The van der Waals surface area contributed by atoms with E-state index >= 15 is 0 Å². The molecule has 0 amide bonds. The van der Waals surface area contributed by atoms with Crippen LogP contribution in [0.5, 0.6) is 17.2 Å². The number of carbonyl (C=O) groups excluding carboxylic acids is 2. The van der Waals surface area contributed by atoms with Gasteiger partial charge in [-0.15, -0.1) is 0 Å². The SMILES string of the molecule is CC[C@@H](C)OC(=O)C1(COc2c(-c3cccc4c3CCC4=O)ccc(OC)c2OC)CC1. The Kier molecular flexibility index (Phi) is 6.13. The molecule has 2 aromatic rings. The van der Waals surface area contributed by atoms with Gasteiger partial charge in [0, 0.05) is 17.5 Å². The largest absolute Gasteiger partial charge is 0.493 e. The summed E-state index contributed by atoms with van der Waals surface area (Å²) in [7, 11) is 3.14. The van der Waals surface area contributed by atoms with Gasteiger partial charge in [0.1, 0.15) is 12.0 Å². The van der Waals surface area contributed by atoms with Crippen LogP contribution in [0.3, 0.4) is 0 Å². The highest BCUT2D eigenvalue weighted by atomic mass is 16.6. The number of ether oxygens (including phenoxy) is 4. The molecule has 2 aliphatic rings. The minimum absolute atomic E-state index is 0.119. The van der Waals surface area contributed by atoms with Crippen LogP contribution in [0.25, 0.3) is 11.1 Å². The number of esters is 1. The minimum atomic E-state index is -0.622. The predicted octanol–water partition coefficient (Wildman–Crippen LogP) is 5.00. The van der Waals surface area contributed by atoms with E-state index < -0.39 is 5.41 Å². The van der Waals surface area contributed by atoms with Crippen molar-refractivity contribution in [1.82, 2.24) is 0 Å². The Labute approximate surface area is 188 Å². The zero-order valence-electron chi connectivity index (χ0n) is 19.2. The summed E-state index contributed by atoms with van der Waals surface area (Å²) in [6.07, 6.45) is 3.34. The quantitative estimate of drug-likeness (QED) is 0.513. The first-order valence-electron chi connectivity index (χ1n) is 11.2. The van der Waals surface area contributed by atoms with Crippen LogP contribution in [-0.2, 0) is 16.0 Å². The molecule has 0 heterocycles.